The minimum absolute atomic E-state index is 0.113. The fourth-order valence-electron chi connectivity index (χ4n) is 1.88. The van der Waals surface area contributed by atoms with Crippen LogP contribution in [0.4, 0.5) is 0 Å². The van der Waals surface area contributed by atoms with Gasteiger partial charge in [0.1, 0.15) is 0 Å². The zero-order valence-corrected chi connectivity index (χ0v) is 8.34. The zero-order chi connectivity index (χ0) is 9.52. The molecule has 1 saturated carbocycles. The van der Waals surface area contributed by atoms with Crippen LogP contribution in [0.2, 0.25) is 0 Å². The average Bonchev–Trinajstić information content (AvgIpc) is 2.15. The van der Waals surface area contributed by atoms with Gasteiger partial charge in [-0.2, -0.15) is 0 Å². The molecule has 0 aromatic rings. The maximum atomic E-state index is 9.64. The van der Waals surface area contributed by atoms with Crippen LogP contribution in [-0.2, 0) is 0 Å². The third kappa shape index (κ3) is 3.92. The van der Waals surface area contributed by atoms with Gasteiger partial charge in [0, 0.05) is 6.04 Å². The van der Waals surface area contributed by atoms with Gasteiger partial charge in [0.05, 0.1) is 6.10 Å². The molecule has 1 fully saturated rings. The third-order valence-corrected chi connectivity index (χ3v) is 2.72. The topological polar surface area (TPSA) is 32.3 Å². The van der Waals surface area contributed by atoms with Gasteiger partial charge in [-0.25, -0.2) is 0 Å². The Bertz CT molecular complexity index is 147. The van der Waals surface area contributed by atoms with Crippen molar-refractivity contribution in [2.45, 2.75) is 50.7 Å². The molecule has 2 unspecified atom stereocenters. The average molecular weight is 183 g/mol. The number of allylic oxidation sites excluding steroid dienone is 1. The molecule has 0 aromatic heterocycles. The second kappa shape index (κ2) is 6.17. The number of unbranched alkanes of at least 4 members (excludes halogenated alkanes) is 1. The maximum Gasteiger partial charge on any atom is 0.0693 e. The van der Waals surface area contributed by atoms with Gasteiger partial charge in [0.2, 0.25) is 0 Å². The predicted octanol–water partition coefficient (Wildman–Crippen LogP) is 1.85. The number of aliphatic hydroxyl groups is 1. The number of nitrogens with one attached hydrogen (secondary N) is 1. The summed E-state index contributed by atoms with van der Waals surface area (Å²) in [6, 6.07) is 0.346. The van der Waals surface area contributed by atoms with E-state index in [9.17, 15) is 5.11 Å². The zero-order valence-electron chi connectivity index (χ0n) is 8.34. The van der Waals surface area contributed by atoms with Crippen LogP contribution < -0.4 is 5.32 Å². The highest BCUT2D eigenvalue weighted by molar-refractivity contribution is 4.80. The lowest BCUT2D eigenvalue weighted by Gasteiger charge is -2.28. The van der Waals surface area contributed by atoms with E-state index in [1.54, 1.807) is 0 Å². The minimum atomic E-state index is -0.113. The first-order chi connectivity index (χ1) is 6.34. The highest BCUT2D eigenvalue weighted by Gasteiger charge is 2.21. The first-order valence-corrected chi connectivity index (χ1v) is 5.37. The van der Waals surface area contributed by atoms with Crippen molar-refractivity contribution in [3.05, 3.63) is 12.7 Å². The van der Waals surface area contributed by atoms with Crippen molar-refractivity contribution in [3.63, 3.8) is 0 Å². The van der Waals surface area contributed by atoms with E-state index in [4.69, 9.17) is 0 Å². The van der Waals surface area contributed by atoms with Crippen molar-refractivity contribution in [1.29, 1.82) is 0 Å². The fourth-order valence-corrected chi connectivity index (χ4v) is 1.88. The molecule has 2 heteroatoms. The lowest BCUT2D eigenvalue weighted by atomic mass is 9.92. The Hall–Kier alpha value is -0.340. The van der Waals surface area contributed by atoms with Crippen LogP contribution in [0.1, 0.15) is 38.5 Å². The molecular weight excluding hydrogens is 162 g/mol. The lowest BCUT2D eigenvalue weighted by Crippen LogP contribution is -2.42. The molecular formula is C11H21NO. The highest BCUT2D eigenvalue weighted by atomic mass is 16.3. The van der Waals surface area contributed by atoms with Crippen LogP contribution in [0.15, 0.2) is 12.7 Å². The molecule has 1 aliphatic rings. The number of hydrogen-bond donors (Lipinski definition) is 2. The molecule has 0 aliphatic heterocycles. The molecule has 2 N–H and O–H groups in total. The molecule has 0 aromatic carbocycles. The van der Waals surface area contributed by atoms with Crippen LogP contribution in [0, 0.1) is 0 Å². The smallest absolute Gasteiger partial charge is 0.0693 e. The lowest BCUT2D eigenvalue weighted by molar-refractivity contribution is 0.0911. The number of aliphatic hydroxyl groups excluding tert-OH is 1. The molecule has 2 atom stereocenters. The van der Waals surface area contributed by atoms with Gasteiger partial charge >= 0.3 is 0 Å². The fraction of sp³-hybridized carbons (Fsp3) is 0.818. The molecule has 0 radical (unpaired) electrons. The summed E-state index contributed by atoms with van der Waals surface area (Å²) in [7, 11) is 0. The van der Waals surface area contributed by atoms with Crippen LogP contribution >= 0.6 is 0 Å². The summed E-state index contributed by atoms with van der Waals surface area (Å²) in [5.41, 5.74) is 0. The Balaban J connectivity index is 2.08. The van der Waals surface area contributed by atoms with Crippen LogP contribution in [-0.4, -0.2) is 23.8 Å². The standard InChI is InChI=1S/C11H21NO/c1-2-3-6-9-12-10-7-4-5-8-11(10)13/h2,10-13H,1,3-9H2. The van der Waals surface area contributed by atoms with Crippen molar-refractivity contribution >= 4 is 0 Å². The first kappa shape index (κ1) is 10.7. The summed E-state index contributed by atoms with van der Waals surface area (Å²) < 4.78 is 0. The van der Waals surface area contributed by atoms with Crippen LogP contribution in [0.5, 0.6) is 0 Å². The maximum absolute atomic E-state index is 9.64. The molecule has 1 rings (SSSR count). The molecule has 76 valence electrons. The Kier molecular flexibility index (Phi) is 5.09. The van der Waals surface area contributed by atoms with Gasteiger partial charge in [-0.05, 0) is 32.2 Å². The molecule has 0 spiro atoms. The minimum Gasteiger partial charge on any atom is -0.392 e. The number of rotatable bonds is 5. The van der Waals surface area contributed by atoms with Gasteiger partial charge in [-0.1, -0.05) is 18.9 Å². The normalized spacial score (nSPS) is 28.7. The summed E-state index contributed by atoms with van der Waals surface area (Å²) >= 11 is 0. The Morgan fingerprint density at radius 3 is 2.85 bits per heavy atom. The SMILES string of the molecule is C=CCCCNC1CCCCC1O. The molecule has 2 nitrogen and oxygen atoms in total. The van der Waals surface area contributed by atoms with Crippen molar-refractivity contribution in [1.82, 2.24) is 5.32 Å². The van der Waals surface area contributed by atoms with Crippen molar-refractivity contribution in [2.75, 3.05) is 6.54 Å². The van der Waals surface area contributed by atoms with Crippen LogP contribution in [0.25, 0.3) is 0 Å². The summed E-state index contributed by atoms with van der Waals surface area (Å²) in [4.78, 5) is 0. The highest BCUT2D eigenvalue weighted by Crippen LogP contribution is 2.18. The molecule has 13 heavy (non-hydrogen) atoms. The monoisotopic (exact) mass is 183 g/mol. The summed E-state index contributed by atoms with van der Waals surface area (Å²) in [5, 5.41) is 13.1. The van der Waals surface area contributed by atoms with E-state index in [1.165, 1.54) is 12.8 Å². The Labute approximate surface area is 81.0 Å². The second-order valence-corrected chi connectivity index (χ2v) is 3.84. The summed E-state index contributed by atoms with van der Waals surface area (Å²) in [5.74, 6) is 0. The van der Waals surface area contributed by atoms with Gasteiger partial charge in [0.25, 0.3) is 0 Å². The summed E-state index contributed by atoms with van der Waals surface area (Å²) in [6.45, 7) is 4.69. The van der Waals surface area contributed by atoms with E-state index in [1.807, 2.05) is 6.08 Å². The molecule has 1 aliphatic carbocycles. The largest absolute Gasteiger partial charge is 0.392 e. The van der Waals surface area contributed by atoms with E-state index in [0.717, 1.165) is 32.2 Å². The van der Waals surface area contributed by atoms with Crippen LogP contribution in [0.3, 0.4) is 0 Å². The Morgan fingerprint density at radius 2 is 2.15 bits per heavy atom. The van der Waals surface area contributed by atoms with E-state index < -0.39 is 0 Å². The van der Waals surface area contributed by atoms with E-state index in [-0.39, 0.29) is 6.10 Å². The quantitative estimate of drug-likeness (QED) is 0.503. The molecule has 0 saturated heterocycles. The molecule has 0 bridgehead atoms. The van der Waals surface area contributed by atoms with Gasteiger partial charge in [-0.3, -0.25) is 0 Å². The Morgan fingerprint density at radius 1 is 1.38 bits per heavy atom. The number of hydrogen-bond acceptors (Lipinski definition) is 2. The third-order valence-electron chi connectivity index (χ3n) is 2.72. The van der Waals surface area contributed by atoms with Crippen molar-refractivity contribution < 1.29 is 5.11 Å². The van der Waals surface area contributed by atoms with E-state index in [2.05, 4.69) is 11.9 Å². The van der Waals surface area contributed by atoms with Crippen molar-refractivity contribution in [3.8, 4) is 0 Å². The van der Waals surface area contributed by atoms with Crippen molar-refractivity contribution in [2.24, 2.45) is 0 Å². The van der Waals surface area contributed by atoms with E-state index in [0.29, 0.717) is 6.04 Å². The molecule has 0 heterocycles. The van der Waals surface area contributed by atoms with Gasteiger partial charge in [0.15, 0.2) is 0 Å². The molecule has 0 amide bonds. The van der Waals surface area contributed by atoms with Gasteiger partial charge < -0.3 is 10.4 Å². The summed E-state index contributed by atoms with van der Waals surface area (Å²) in [6.07, 6.45) is 8.58. The first-order valence-electron chi connectivity index (χ1n) is 5.37. The van der Waals surface area contributed by atoms with Gasteiger partial charge in [-0.15, -0.1) is 6.58 Å². The second-order valence-electron chi connectivity index (χ2n) is 3.84. The van der Waals surface area contributed by atoms with E-state index >= 15 is 0 Å². The predicted molar refractivity (Wildman–Crippen MR) is 55.7 cm³/mol.